The molecule has 6 nitrogen and oxygen atoms in total. The van der Waals surface area contributed by atoms with Crippen LogP contribution in [0.1, 0.15) is 68.8 Å². The lowest BCUT2D eigenvalue weighted by molar-refractivity contribution is 0.0938. The fraction of sp³-hybridized carbons (Fsp3) is 0.435. The molecule has 0 radical (unpaired) electrons. The van der Waals surface area contributed by atoms with E-state index in [2.05, 4.69) is 46.3 Å². The molecule has 3 aromatic rings. The molecule has 152 valence electrons. The molecule has 0 bridgehead atoms. The molecule has 0 unspecified atom stereocenters. The maximum Gasteiger partial charge on any atom is 0.251 e. The summed E-state index contributed by atoms with van der Waals surface area (Å²) in [4.78, 5) is 21.6. The first-order valence-electron chi connectivity index (χ1n) is 10.7. The van der Waals surface area contributed by atoms with Crippen LogP contribution in [0.5, 0.6) is 0 Å². The first-order valence-corrected chi connectivity index (χ1v) is 10.7. The van der Waals surface area contributed by atoms with Crippen molar-refractivity contribution >= 4 is 28.6 Å². The minimum atomic E-state index is 0.00381. The van der Waals surface area contributed by atoms with Gasteiger partial charge in [0.1, 0.15) is 5.65 Å². The van der Waals surface area contributed by atoms with Crippen molar-refractivity contribution in [1.29, 1.82) is 0 Å². The fourth-order valence-corrected chi connectivity index (χ4v) is 4.15. The zero-order chi connectivity index (χ0) is 20.2. The summed E-state index contributed by atoms with van der Waals surface area (Å²) in [5, 5.41) is 7.43. The topological polar surface area (TPSA) is 71.8 Å². The predicted molar refractivity (Wildman–Crippen MR) is 117 cm³/mol. The highest BCUT2D eigenvalue weighted by Gasteiger charge is 2.18. The Morgan fingerprint density at radius 1 is 1.14 bits per heavy atom. The van der Waals surface area contributed by atoms with E-state index in [4.69, 9.17) is 4.98 Å². The summed E-state index contributed by atoms with van der Waals surface area (Å²) in [6, 6.07) is 10.3. The molecule has 6 heteroatoms. The summed E-state index contributed by atoms with van der Waals surface area (Å²) in [5.74, 6) is 0.565. The smallest absolute Gasteiger partial charge is 0.251 e. The molecule has 0 aliphatic heterocycles. The van der Waals surface area contributed by atoms with Gasteiger partial charge in [-0.2, -0.15) is 4.98 Å². The second-order valence-electron chi connectivity index (χ2n) is 7.82. The van der Waals surface area contributed by atoms with Gasteiger partial charge in [0, 0.05) is 41.1 Å². The van der Waals surface area contributed by atoms with Crippen molar-refractivity contribution in [1.82, 2.24) is 19.9 Å². The molecule has 1 amide bonds. The van der Waals surface area contributed by atoms with Crippen LogP contribution >= 0.6 is 0 Å². The number of anilines is 2. The number of benzene rings is 1. The average Bonchev–Trinajstić information content (AvgIpc) is 3.40. The van der Waals surface area contributed by atoms with Crippen LogP contribution in [-0.4, -0.2) is 26.5 Å². The van der Waals surface area contributed by atoms with Gasteiger partial charge in [-0.3, -0.25) is 4.79 Å². The van der Waals surface area contributed by atoms with E-state index in [1.807, 2.05) is 30.5 Å². The summed E-state index contributed by atoms with van der Waals surface area (Å²) in [6.07, 6.45) is 10.7. The Kier molecular flexibility index (Phi) is 5.79. The SMILES string of the molecule is CCC(CC)n1ccc2cnc(Nc3ccc(C(=O)NC4CCCC4)cc3)nc21. The highest BCUT2D eigenvalue weighted by atomic mass is 16.1. The quantitative estimate of drug-likeness (QED) is 0.580. The van der Waals surface area contributed by atoms with E-state index < -0.39 is 0 Å². The zero-order valence-electron chi connectivity index (χ0n) is 17.2. The number of amides is 1. The van der Waals surface area contributed by atoms with Crippen LogP contribution in [0, 0.1) is 0 Å². The van der Waals surface area contributed by atoms with E-state index in [9.17, 15) is 4.79 Å². The number of carbonyl (C=O) groups is 1. The number of carbonyl (C=O) groups excluding carboxylic acids is 1. The lowest BCUT2D eigenvalue weighted by Crippen LogP contribution is -2.32. The Balaban J connectivity index is 1.48. The van der Waals surface area contributed by atoms with E-state index in [0.717, 1.165) is 42.4 Å². The van der Waals surface area contributed by atoms with Crippen LogP contribution in [0.2, 0.25) is 0 Å². The molecule has 1 aromatic carbocycles. The molecule has 0 saturated heterocycles. The van der Waals surface area contributed by atoms with E-state index in [-0.39, 0.29) is 5.91 Å². The van der Waals surface area contributed by atoms with Gasteiger partial charge in [-0.1, -0.05) is 26.7 Å². The summed E-state index contributed by atoms with van der Waals surface area (Å²) in [6.45, 7) is 4.40. The van der Waals surface area contributed by atoms with Gasteiger partial charge < -0.3 is 15.2 Å². The van der Waals surface area contributed by atoms with Crippen molar-refractivity contribution in [3.63, 3.8) is 0 Å². The first-order chi connectivity index (χ1) is 14.2. The van der Waals surface area contributed by atoms with Gasteiger partial charge in [0.15, 0.2) is 0 Å². The summed E-state index contributed by atoms with van der Waals surface area (Å²) >= 11 is 0. The van der Waals surface area contributed by atoms with Crippen molar-refractivity contribution in [2.24, 2.45) is 0 Å². The predicted octanol–water partition coefficient (Wildman–Crippen LogP) is 5.21. The van der Waals surface area contributed by atoms with Crippen LogP contribution in [0.4, 0.5) is 11.6 Å². The van der Waals surface area contributed by atoms with Crippen molar-refractivity contribution in [2.75, 3.05) is 5.32 Å². The van der Waals surface area contributed by atoms with Crippen molar-refractivity contribution in [2.45, 2.75) is 64.5 Å². The number of aromatic nitrogens is 3. The van der Waals surface area contributed by atoms with E-state index in [1.54, 1.807) is 0 Å². The summed E-state index contributed by atoms with van der Waals surface area (Å²) < 4.78 is 2.23. The van der Waals surface area contributed by atoms with Gasteiger partial charge in [-0.25, -0.2) is 4.98 Å². The molecule has 1 saturated carbocycles. The lowest BCUT2D eigenvalue weighted by atomic mass is 10.1. The van der Waals surface area contributed by atoms with Crippen molar-refractivity contribution in [3.05, 3.63) is 48.3 Å². The zero-order valence-corrected chi connectivity index (χ0v) is 17.2. The molecule has 29 heavy (non-hydrogen) atoms. The minimum Gasteiger partial charge on any atom is -0.349 e. The van der Waals surface area contributed by atoms with E-state index >= 15 is 0 Å². The van der Waals surface area contributed by atoms with Gasteiger partial charge >= 0.3 is 0 Å². The van der Waals surface area contributed by atoms with Crippen LogP contribution in [0.25, 0.3) is 11.0 Å². The Morgan fingerprint density at radius 3 is 2.55 bits per heavy atom. The van der Waals surface area contributed by atoms with E-state index in [0.29, 0.717) is 23.6 Å². The molecular formula is C23H29N5O. The molecule has 1 aliphatic carbocycles. The second kappa shape index (κ2) is 8.64. The molecule has 0 atom stereocenters. The molecule has 1 aliphatic rings. The number of hydrogen-bond acceptors (Lipinski definition) is 4. The Hall–Kier alpha value is -2.89. The van der Waals surface area contributed by atoms with Crippen LogP contribution in [0.15, 0.2) is 42.7 Å². The number of fused-ring (bicyclic) bond motifs is 1. The molecule has 2 aromatic heterocycles. The number of hydrogen-bond donors (Lipinski definition) is 2. The summed E-state index contributed by atoms with van der Waals surface area (Å²) in [7, 11) is 0. The molecule has 4 rings (SSSR count). The minimum absolute atomic E-state index is 0.00381. The first kappa shape index (κ1) is 19.4. The van der Waals surface area contributed by atoms with Crippen LogP contribution in [0.3, 0.4) is 0 Å². The number of rotatable bonds is 7. The lowest BCUT2D eigenvalue weighted by Gasteiger charge is -2.16. The maximum absolute atomic E-state index is 12.4. The monoisotopic (exact) mass is 391 g/mol. The molecule has 0 spiro atoms. The largest absolute Gasteiger partial charge is 0.349 e. The maximum atomic E-state index is 12.4. The molecular weight excluding hydrogens is 362 g/mol. The average molecular weight is 392 g/mol. The molecule has 2 heterocycles. The van der Waals surface area contributed by atoms with Crippen molar-refractivity contribution in [3.8, 4) is 0 Å². The number of nitrogens with zero attached hydrogens (tertiary/aromatic N) is 3. The van der Waals surface area contributed by atoms with Gasteiger partial charge in [0.05, 0.1) is 0 Å². The van der Waals surface area contributed by atoms with E-state index in [1.165, 1.54) is 12.8 Å². The Bertz CT molecular complexity index is 969. The standard InChI is InChI=1S/C23H29N5O/c1-3-20(4-2)28-14-13-17-15-24-23(27-21(17)28)26-19-11-9-16(10-12-19)22(29)25-18-7-5-6-8-18/h9-15,18,20H,3-8H2,1-2H3,(H,25,29)(H,24,26,27). The number of nitrogens with one attached hydrogen (secondary N) is 2. The van der Waals surface area contributed by atoms with Crippen LogP contribution < -0.4 is 10.6 Å². The third-order valence-corrected chi connectivity index (χ3v) is 5.88. The highest BCUT2D eigenvalue weighted by molar-refractivity contribution is 5.94. The van der Waals surface area contributed by atoms with Gasteiger partial charge in [0.25, 0.3) is 5.91 Å². The molecule has 2 N–H and O–H groups in total. The van der Waals surface area contributed by atoms with Crippen LogP contribution in [-0.2, 0) is 0 Å². The van der Waals surface area contributed by atoms with Gasteiger partial charge in [-0.05, 0) is 56.0 Å². The van der Waals surface area contributed by atoms with Gasteiger partial charge in [0.2, 0.25) is 5.95 Å². The Morgan fingerprint density at radius 2 is 1.86 bits per heavy atom. The normalized spacial score (nSPS) is 14.6. The second-order valence-corrected chi connectivity index (χ2v) is 7.82. The third kappa shape index (κ3) is 4.26. The molecule has 1 fully saturated rings. The Labute approximate surface area is 171 Å². The third-order valence-electron chi connectivity index (χ3n) is 5.88. The summed E-state index contributed by atoms with van der Waals surface area (Å²) in [5.41, 5.74) is 2.49. The highest BCUT2D eigenvalue weighted by Crippen LogP contribution is 2.24. The van der Waals surface area contributed by atoms with Crippen molar-refractivity contribution < 1.29 is 4.79 Å². The fourth-order valence-electron chi connectivity index (χ4n) is 4.15. The van der Waals surface area contributed by atoms with Gasteiger partial charge in [-0.15, -0.1) is 0 Å².